The molecule has 1 aromatic heterocycles. The van der Waals surface area contributed by atoms with Crippen molar-refractivity contribution in [2.24, 2.45) is 5.92 Å². The van der Waals surface area contributed by atoms with Gasteiger partial charge in [-0.15, -0.1) is 0 Å². The lowest BCUT2D eigenvalue weighted by molar-refractivity contribution is -0.126. The third kappa shape index (κ3) is 4.79. The van der Waals surface area contributed by atoms with Crippen molar-refractivity contribution in [2.45, 2.75) is 37.6 Å². The smallest absolute Gasteiger partial charge is 0.243 e. The number of nitrogens with one attached hydrogen (secondary N) is 1. The van der Waals surface area contributed by atoms with Gasteiger partial charge in [-0.1, -0.05) is 12.1 Å². The fourth-order valence-corrected chi connectivity index (χ4v) is 5.62. The van der Waals surface area contributed by atoms with E-state index in [1.54, 1.807) is 0 Å². The quantitative estimate of drug-likeness (QED) is 0.546. The van der Waals surface area contributed by atoms with Crippen LogP contribution in [-0.4, -0.2) is 38.3 Å². The zero-order valence-corrected chi connectivity index (χ0v) is 20.0. The summed E-state index contributed by atoms with van der Waals surface area (Å²) in [5.41, 5.74) is 1.06. The molecule has 0 radical (unpaired) electrons. The molecule has 1 amide bonds. The largest absolute Gasteiger partial charge is 0.490 e. The fourth-order valence-electron chi connectivity index (χ4n) is 4.15. The van der Waals surface area contributed by atoms with Crippen LogP contribution in [0.15, 0.2) is 57.8 Å². The van der Waals surface area contributed by atoms with Crippen LogP contribution in [0.4, 0.5) is 0 Å². The van der Waals surface area contributed by atoms with Crippen molar-refractivity contribution in [3.8, 4) is 11.8 Å². The number of sulfonamides is 1. The predicted molar refractivity (Wildman–Crippen MR) is 127 cm³/mol. The maximum atomic E-state index is 12.9. The van der Waals surface area contributed by atoms with Gasteiger partial charge in [-0.25, -0.2) is 8.42 Å². The Balaban J connectivity index is 1.37. The first-order valence-corrected chi connectivity index (χ1v) is 12.7. The normalized spacial score (nSPS) is 16.1. The maximum Gasteiger partial charge on any atom is 0.243 e. The molecule has 2 aromatic carbocycles. The second-order valence-corrected chi connectivity index (χ2v) is 10.2. The number of nitriles is 1. The van der Waals surface area contributed by atoms with E-state index < -0.39 is 10.0 Å². The number of para-hydroxylation sites is 1. The van der Waals surface area contributed by atoms with Crippen molar-refractivity contribution in [1.29, 1.82) is 5.26 Å². The lowest BCUT2D eigenvalue weighted by Gasteiger charge is -2.31. The van der Waals surface area contributed by atoms with Gasteiger partial charge in [-0.05, 0) is 63.1 Å². The number of piperidine rings is 1. The molecule has 34 heavy (non-hydrogen) atoms. The van der Waals surface area contributed by atoms with E-state index in [-0.39, 0.29) is 35.9 Å². The maximum absolute atomic E-state index is 12.9. The molecule has 1 fully saturated rings. The molecule has 9 heteroatoms. The zero-order chi connectivity index (χ0) is 24.3. The zero-order valence-electron chi connectivity index (χ0n) is 19.2. The van der Waals surface area contributed by atoms with Crippen molar-refractivity contribution in [2.75, 3.05) is 19.7 Å². The highest BCUT2D eigenvalue weighted by atomic mass is 32.2. The first-order valence-electron chi connectivity index (χ1n) is 11.3. The molecule has 178 valence electrons. The highest BCUT2D eigenvalue weighted by Crippen LogP contribution is 2.31. The Bertz CT molecular complexity index is 1320. The molecular weight excluding hydrogens is 454 g/mol. The molecule has 1 aliphatic heterocycles. The number of rotatable bonds is 7. The van der Waals surface area contributed by atoms with E-state index in [0.29, 0.717) is 42.1 Å². The molecule has 0 spiro atoms. The standard InChI is InChI=1S/C25H27N3O5S/c1-3-32-22-6-4-5-20-15-23(33-24(20)22)17(2)27-25(29)19-11-13-28(14-12-19)34(30,31)21-9-7-18(16-26)8-10-21/h4-10,15,17,19H,3,11-14H2,1-2H3,(H,27,29). The van der Waals surface area contributed by atoms with Crippen molar-refractivity contribution < 1.29 is 22.4 Å². The summed E-state index contributed by atoms with van der Waals surface area (Å²) in [5.74, 6) is 0.906. The summed E-state index contributed by atoms with van der Waals surface area (Å²) in [7, 11) is -3.66. The van der Waals surface area contributed by atoms with Gasteiger partial charge in [-0.3, -0.25) is 4.79 Å². The van der Waals surface area contributed by atoms with Gasteiger partial charge in [0, 0.05) is 24.4 Å². The van der Waals surface area contributed by atoms with Crippen LogP contribution in [0.25, 0.3) is 11.0 Å². The van der Waals surface area contributed by atoms with Crippen LogP contribution in [-0.2, 0) is 14.8 Å². The monoisotopic (exact) mass is 481 g/mol. The average Bonchev–Trinajstić information content (AvgIpc) is 3.30. The number of fused-ring (bicyclic) bond motifs is 1. The Hall–Kier alpha value is -3.35. The fraction of sp³-hybridized carbons (Fsp3) is 0.360. The summed E-state index contributed by atoms with van der Waals surface area (Å²) in [6, 6.07) is 15.1. The molecule has 4 rings (SSSR count). The second-order valence-electron chi connectivity index (χ2n) is 8.30. The number of carbonyl (C=O) groups is 1. The van der Waals surface area contributed by atoms with Gasteiger partial charge in [0.25, 0.3) is 0 Å². The molecule has 8 nitrogen and oxygen atoms in total. The minimum atomic E-state index is -3.66. The van der Waals surface area contributed by atoms with E-state index in [1.807, 2.05) is 44.2 Å². The minimum absolute atomic E-state index is 0.117. The molecule has 0 saturated carbocycles. The van der Waals surface area contributed by atoms with E-state index in [1.165, 1.54) is 28.6 Å². The van der Waals surface area contributed by atoms with Crippen LogP contribution in [0.5, 0.6) is 5.75 Å². The first kappa shape index (κ1) is 23.8. The SMILES string of the molecule is CCOc1cccc2cc(C(C)NC(=O)C3CCN(S(=O)(=O)c4ccc(C#N)cc4)CC3)oc12. The van der Waals surface area contributed by atoms with Gasteiger partial charge in [0.15, 0.2) is 11.3 Å². The Labute approximate surface area is 199 Å². The molecular formula is C25H27N3O5S. The summed E-state index contributed by atoms with van der Waals surface area (Å²) in [6.45, 7) is 4.82. The van der Waals surface area contributed by atoms with Crippen molar-refractivity contribution in [3.63, 3.8) is 0 Å². The Morgan fingerprint density at radius 1 is 1.24 bits per heavy atom. The predicted octanol–water partition coefficient (Wildman–Crippen LogP) is 3.98. The van der Waals surface area contributed by atoms with Crippen LogP contribution in [0.1, 0.15) is 44.1 Å². The lowest BCUT2D eigenvalue weighted by atomic mass is 9.97. The van der Waals surface area contributed by atoms with Crippen LogP contribution < -0.4 is 10.1 Å². The van der Waals surface area contributed by atoms with Gasteiger partial charge >= 0.3 is 0 Å². The van der Waals surface area contributed by atoms with Gasteiger partial charge in [0.05, 0.1) is 29.2 Å². The van der Waals surface area contributed by atoms with E-state index in [9.17, 15) is 13.2 Å². The van der Waals surface area contributed by atoms with Gasteiger partial charge in [-0.2, -0.15) is 9.57 Å². The Kier molecular flexibility index (Phi) is 6.91. The van der Waals surface area contributed by atoms with Gasteiger partial charge < -0.3 is 14.5 Å². The van der Waals surface area contributed by atoms with Crippen LogP contribution in [0.2, 0.25) is 0 Å². The van der Waals surface area contributed by atoms with Crippen molar-refractivity contribution >= 4 is 26.9 Å². The molecule has 2 heterocycles. The summed E-state index contributed by atoms with van der Waals surface area (Å²) in [5, 5.41) is 12.8. The number of hydrogen-bond donors (Lipinski definition) is 1. The molecule has 1 saturated heterocycles. The molecule has 3 aromatic rings. The Morgan fingerprint density at radius 3 is 2.59 bits per heavy atom. The number of hydrogen-bond acceptors (Lipinski definition) is 6. The summed E-state index contributed by atoms with van der Waals surface area (Å²) in [4.78, 5) is 13.0. The van der Waals surface area contributed by atoms with Crippen LogP contribution >= 0.6 is 0 Å². The molecule has 1 aliphatic rings. The van der Waals surface area contributed by atoms with Crippen molar-refractivity contribution in [1.82, 2.24) is 9.62 Å². The number of nitrogens with zero attached hydrogens (tertiary/aromatic N) is 2. The number of ether oxygens (including phenoxy) is 1. The summed E-state index contributed by atoms with van der Waals surface area (Å²) in [6.07, 6.45) is 0.866. The van der Waals surface area contributed by atoms with E-state index >= 15 is 0 Å². The third-order valence-corrected chi connectivity index (χ3v) is 7.97. The number of benzene rings is 2. The molecule has 0 aliphatic carbocycles. The lowest BCUT2D eigenvalue weighted by Crippen LogP contribution is -2.43. The average molecular weight is 482 g/mol. The van der Waals surface area contributed by atoms with Gasteiger partial charge in [0.1, 0.15) is 5.76 Å². The molecule has 1 unspecified atom stereocenters. The highest BCUT2D eigenvalue weighted by Gasteiger charge is 2.32. The molecule has 1 N–H and O–H groups in total. The Morgan fingerprint density at radius 2 is 1.94 bits per heavy atom. The van der Waals surface area contributed by atoms with Crippen LogP contribution in [0.3, 0.4) is 0 Å². The van der Waals surface area contributed by atoms with E-state index in [0.717, 1.165) is 5.39 Å². The number of furan rings is 1. The van der Waals surface area contributed by atoms with E-state index in [4.69, 9.17) is 14.4 Å². The number of carbonyl (C=O) groups excluding carboxylic acids is 1. The molecule has 0 bridgehead atoms. The van der Waals surface area contributed by atoms with Crippen LogP contribution in [0, 0.1) is 17.2 Å². The number of amides is 1. The first-order chi connectivity index (χ1) is 16.3. The third-order valence-electron chi connectivity index (χ3n) is 6.06. The molecule has 1 atom stereocenters. The topological polar surface area (TPSA) is 113 Å². The summed E-state index contributed by atoms with van der Waals surface area (Å²) < 4.78 is 38.8. The van der Waals surface area contributed by atoms with Gasteiger partial charge in [0.2, 0.25) is 15.9 Å². The highest BCUT2D eigenvalue weighted by molar-refractivity contribution is 7.89. The minimum Gasteiger partial charge on any atom is -0.490 e. The van der Waals surface area contributed by atoms with E-state index in [2.05, 4.69) is 5.32 Å². The summed E-state index contributed by atoms with van der Waals surface area (Å²) >= 11 is 0. The second kappa shape index (κ2) is 9.87. The van der Waals surface area contributed by atoms with Crippen molar-refractivity contribution in [3.05, 3.63) is 59.9 Å².